The van der Waals surface area contributed by atoms with Gasteiger partial charge in [0.05, 0.1) is 37.0 Å². The number of hydrogen-bond donors (Lipinski definition) is 28. The molecule has 3 amide bonds. The molecule has 5 aromatic carbocycles. The standard InChI is InChI=1S/C87H124N26O22S/c1-5-48(2)73(81(127)103-61(34-37-70(91)117)84(130)113(67(18-6-7-39-88)80(126)104-62(85(131)132)17-11-41-100-87(95)96)82(128)50-23-25-51(26-24-50)109-110-52-27-29-53(30-28-52)111(3)4)108-79(125)66-19-12-44-112(66)83(129)64(45-49-21-31-54(115)32-22-49)106-77(123)63(46-71(92)118)105-75(121)59(33-36-69(90)116)102-78(124)65(47-114)107-76(122)60(101-74(120)57(89)15-10-40-99-86(93)94)35-38-72(119)98-43-42-97-58-16-8-14-56-55(58)13-9-20-68(56)136(133,134)135/h8-9,13-14,16,20-32,48,57,59-67,73,97,114-115H,5-7,10-12,15,17-19,33-47,88-89H2,1-4H3,(H2,90,116)(H2,91,117)(H2,92,118)(H,98,119)(H,101,120)(H,102,124)(H,103,127)(H,104,126)(H,105,121)(H,106,123)(H,107,122)(H,108,125)(H,131,132)(H4,93,94,99)(H4,95,96,100)(H,133,134,135)/t48-,57-,59-,60-,61-,62-,63-,64-,65-,66-,67-,73-/m0/s1. The Balaban J connectivity index is 1.38. The number of nitrogens with two attached hydrogens (primary N) is 4. The summed E-state index contributed by atoms with van der Waals surface area (Å²) in [6.07, 6.45) is -4.45. The molecule has 5 aromatic rings. The van der Waals surface area contributed by atoms with Gasteiger partial charge < -0.3 is 125 Å². The van der Waals surface area contributed by atoms with E-state index in [1.807, 2.05) is 31.1 Å². The molecular formula is C87H124N26O22S. The van der Waals surface area contributed by atoms with Crippen molar-refractivity contribution in [1.29, 1.82) is 27.0 Å². The van der Waals surface area contributed by atoms with Crippen LogP contribution >= 0.6 is 0 Å². The highest BCUT2D eigenvalue weighted by atomic mass is 32.2. The number of aliphatic carboxylic acids is 1. The number of nitrogens with one attached hydrogen (secondary N) is 8. The second-order valence-electron chi connectivity index (χ2n) is 32.0. The number of anilines is 2. The van der Waals surface area contributed by atoms with Crippen molar-refractivity contribution in [2.75, 3.05) is 70.2 Å². The van der Waals surface area contributed by atoms with E-state index in [9.17, 15) is 94.4 Å². The van der Waals surface area contributed by atoms with E-state index < -0.39 is 241 Å². The molecule has 136 heavy (non-hydrogen) atoms. The van der Waals surface area contributed by atoms with Crippen LogP contribution in [0.3, 0.4) is 0 Å². The fraction of sp³-hybridized carbons (Fsp3) is 0.471. The molecule has 0 radical (unpaired) electrons. The molecule has 12 atom stereocenters. The highest BCUT2D eigenvalue weighted by Crippen LogP contribution is 2.32. The Bertz CT molecular complexity index is 5370. The zero-order chi connectivity index (χ0) is 101. The number of amides is 3. The van der Waals surface area contributed by atoms with Crippen molar-refractivity contribution in [2.45, 2.75) is 201 Å². The lowest BCUT2D eigenvalue weighted by atomic mass is 9.98. The Morgan fingerprint density at radius 2 is 1.10 bits per heavy atom. The second-order valence-corrected chi connectivity index (χ2v) is 33.4. The third kappa shape index (κ3) is 35.4. The van der Waals surface area contributed by atoms with Crippen molar-refractivity contribution in [3.05, 3.63) is 120 Å². The second kappa shape index (κ2) is 54.5. The summed E-state index contributed by atoms with van der Waals surface area (Å²) >= 11 is 0. The summed E-state index contributed by atoms with van der Waals surface area (Å²) in [7, 11) is -0.864. The Labute approximate surface area is 783 Å². The monoisotopic (exact) mass is 1920 g/mol. The Hall–Kier alpha value is -14.6. The first-order valence-electron chi connectivity index (χ1n) is 43.5. The van der Waals surface area contributed by atoms with Gasteiger partial charge in [0.1, 0.15) is 59.0 Å². The van der Waals surface area contributed by atoms with Gasteiger partial charge in [0.25, 0.3) is 21.9 Å². The van der Waals surface area contributed by atoms with Crippen LogP contribution < -0.4 is 43.8 Å². The van der Waals surface area contributed by atoms with Crippen molar-refractivity contribution in [3.8, 4) is 5.75 Å². The number of nitrogens with zero attached hydrogens (tertiary/aromatic N) is 14. The van der Waals surface area contributed by atoms with Gasteiger partial charge in [-0.3, -0.25) is 55.9 Å². The number of hydrogen-bond acceptors (Lipinski definition) is 28. The molecule has 0 saturated carbocycles. The number of rotatable bonds is 57. The van der Waals surface area contributed by atoms with E-state index in [0.717, 1.165) is 10.6 Å². The molecule has 740 valence electrons. The van der Waals surface area contributed by atoms with Crippen LogP contribution in [-0.4, -0.2) is 332 Å². The van der Waals surface area contributed by atoms with E-state index in [-0.39, 0.29) is 142 Å². The summed E-state index contributed by atoms with van der Waals surface area (Å²) < 4.78 is 34.0. The summed E-state index contributed by atoms with van der Waals surface area (Å²) in [6.45, 7) is 2.10. The molecule has 1 aliphatic rings. The van der Waals surface area contributed by atoms with Gasteiger partial charge in [-0.05, 0) is 168 Å². The van der Waals surface area contributed by atoms with Crippen LogP contribution in [0.4, 0.5) is 22.7 Å². The summed E-state index contributed by atoms with van der Waals surface area (Å²) in [4.78, 5) is 100. The number of phenolic OH excluding ortho intramolecular Hbond substituents is 1. The molecule has 1 heterocycles. The molecular weight excluding hydrogens is 1790 g/mol. The van der Waals surface area contributed by atoms with E-state index in [1.54, 1.807) is 44.2 Å². The number of imide groups is 1. The molecule has 1 saturated heterocycles. The number of azo groups is 1. The molecule has 0 aliphatic carbocycles. The number of benzene rings is 5. The molecule has 32 N–H and O–H groups in total. The highest BCUT2D eigenvalue weighted by molar-refractivity contribution is 7.86. The number of unbranched alkanes of at least 4 members (excludes halogenated alkanes) is 1. The van der Waals surface area contributed by atoms with E-state index >= 15 is 14.4 Å². The lowest BCUT2D eigenvalue weighted by Crippen LogP contribution is -2.52. The average Bonchev–Trinajstić information content (AvgIpc) is 0.858. The molecule has 0 unspecified atom stereocenters. The highest BCUT2D eigenvalue weighted by Gasteiger charge is 2.42. The van der Waals surface area contributed by atoms with Gasteiger partial charge in [-0.2, -0.15) is 18.6 Å². The number of aliphatic hydroxyl groups excluding tert-OH is 13. The molecule has 0 bridgehead atoms. The maximum absolute atomic E-state index is 15.7. The van der Waals surface area contributed by atoms with E-state index in [0.29, 0.717) is 21.7 Å². The van der Waals surface area contributed by atoms with E-state index in [1.165, 1.54) is 66.7 Å². The minimum Gasteiger partial charge on any atom is -0.508 e. The van der Waals surface area contributed by atoms with Crippen molar-refractivity contribution >= 4 is 150 Å². The number of likely N-dealkylation sites (tertiary alicyclic amines) is 1. The van der Waals surface area contributed by atoms with Crippen LogP contribution in [0.5, 0.6) is 5.75 Å². The smallest absolute Gasteiger partial charge is 0.328 e. The summed E-state index contributed by atoms with van der Waals surface area (Å²) in [5, 5.41) is 225. The zero-order valence-corrected chi connectivity index (χ0v) is 76.4. The first kappa shape index (κ1) is 110. The van der Waals surface area contributed by atoms with Crippen LogP contribution in [0.15, 0.2) is 169 Å². The number of aliphatic imine (C=N–C) groups is 9. The largest absolute Gasteiger partial charge is 0.508 e. The molecule has 0 aromatic heterocycles. The van der Waals surface area contributed by atoms with Gasteiger partial charge in [-0.15, -0.1) is 0 Å². The maximum Gasteiger partial charge on any atom is 0.328 e. The fourth-order valence-electron chi connectivity index (χ4n) is 14.0. The predicted molar refractivity (Wildman–Crippen MR) is 518 cm³/mol. The molecule has 1 aliphatic heterocycles. The summed E-state index contributed by atoms with van der Waals surface area (Å²) in [6, 6.07) is 7.65. The molecule has 48 nitrogen and oxygen atoms in total. The minimum atomic E-state index is -4.59. The van der Waals surface area contributed by atoms with Crippen molar-refractivity contribution in [2.24, 2.45) is 84.0 Å². The number of aliphatic hydroxyl groups is 13. The van der Waals surface area contributed by atoms with Crippen LogP contribution in [0, 0.1) is 33.0 Å². The number of carboxylic acid groups (broad SMARTS) is 1. The number of phenols is 1. The zero-order valence-electron chi connectivity index (χ0n) is 75.6. The maximum atomic E-state index is 15.7. The van der Waals surface area contributed by atoms with Crippen molar-refractivity contribution < 1.29 is 109 Å². The van der Waals surface area contributed by atoms with E-state index in [4.69, 9.17) is 50.0 Å². The first-order chi connectivity index (χ1) is 64.4. The van der Waals surface area contributed by atoms with Gasteiger partial charge in [0.15, 0.2) is 53.5 Å². The van der Waals surface area contributed by atoms with E-state index in [2.05, 4.69) is 71.1 Å². The number of carbonyl (C=O) groups is 4. The third-order valence-corrected chi connectivity index (χ3v) is 22.4. The van der Waals surface area contributed by atoms with Crippen molar-refractivity contribution in [1.82, 2.24) is 20.4 Å². The first-order valence-corrected chi connectivity index (χ1v) is 45.0. The SMILES string of the molecule is CC[C@H](C)[C@H](N=C(O)[C@@H]1CCCN1C(=O)[C@H](Cc1ccc(O)cc1)N=C(O)[C@H](CC(=N)O)N=C(O)[C@H](CCC(=N)O)N=C(O)[C@H](CO)N=C(O)[C@H](CCC(O)=NCCNc1cccc2c(S(=O)(=O)O)cccc12)N=C(O)[C@@H](N)CCCNC(=N)N)C(O)=N[C@@H](CCC(=N)O)C(=O)N(C(=O)c1ccc(N=Nc2ccc(N(C)C)cc2)cc1)[C@@H](CCCCN)C(O)=N[C@@H](CCCNC(=N)N)C(=O)O. The molecule has 6 rings (SSSR count). The lowest BCUT2D eigenvalue weighted by Gasteiger charge is -2.32. The summed E-state index contributed by atoms with van der Waals surface area (Å²) in [5.41, 5.74) is 25.1. The number of carboxylic acids is 1. The van der Waals surface area contributed by atoms with Gasteiger partial charge in [-0.1, -0.05) is 56.7 Å². The van der Waals surface area contributed by atoms with Crippen LogP contribution in [-0.2, 0) is 30.9 Å². The Kier molecular flexibility index (Phi) is 44.2. The van der Waals surface area contributed by atoms with Gasteiger partial charge in [0, 0.05) is 93.7 Å². The number of carbonyl (C=O) groups excluding carboxylic acids is 3. The Morgan fingerprint density at radius 3 is 1.66 bits per heavy atom. The Morgan fingerprint density at radius 1 is 0.566 bits per heavy atom. The molecule has 49 heteroatoms. The fourth-order valence-corrected chi connectivity index (χ4v) is 14.7. The molecule has 1 fully saturated rings. The number of guanidine groups is 2. The van der Waals surface area contributed by atoms with Crippen LogP contribution in [0.25, 0.3) is 10.8 Å². The number of aromatic hydroxyl groups is 1. The average molecular weight is 1920 g/mol. The van der Waals surface area contributed by atoms with Gasteiger partial charge in [0.2, 0.25) is 47.2 Å². The van der Waals surface area contributed by atoms with Crippen LogP contribution in [0.1, 0.15) is 139 Å². The van der Waals surface area contributed by atoms with Gasteiger partial charge >= 0.3 is 5.97 Å². The number of fused-ring (bicyclic) bond motifs is 1. The molecule has 0 spiro atoms. The van der Waals surface area contributed by atoms with Crippen LogP contribution in [0.2, 0.25) is 0 Å². The topological polar surface area (TPSA) is 831 Å². The normalized spacial score (nSPS) is 16.5. The van der Waals surface area contributed by atoms with Crippen molar-refractivity contribution in [3.63, 3.8) is 0 Å². The van der Waals surface area contributed by atoms with Gasteiger partial charge in [-0.25, -0.2) is 44.7 Å². The lowest BCUT2D eigenvalue weighted by molar-refractivity contribution is -0.138. The third-order valence-electron chi connectivity index (χ3n) is 21.4. The summed E-state index contributed by atoms with van der Waals surface area (Å²) in [5.74, 6) is -18.5. The quantitative estimate of drug-likeness (QED) is 0.00577. The minimum absolute atomic E-state index is 0.0170. The predicted octanol–water partition coefficient (Wildman–Crippen LogP) is 7.96.